The summed E-state index contributed by atoms with van der Waals surface area (Å²) in [6.07, 6.45) is 2.96. The number of nitrogens with two attached hydrogens (primary N) is 2. The largest absolute Gasteiger partial charge is 0.348 e. The minimum atomic E-state index is -1.02. The summed E-state index contributed by atoms with van der Waals surface area (Å²) < 4.78 is 18.5. The van der Waals surface area contributed by atoms with E-state index in [2.05, 4.69) is 91.4 Å². The molecule has 6 rings (SSSR count). The summed E-state index contributed by atoms with van der Waals surface area (Å²) in [5.74, 6) is -1.23. The average molecular weight is 562 g/mol. The number of hydrogen-bond acceptors (Lipinski definition) is 20. The molecule has 0 atom stereocenters. The van der Waals surface area contributed by atoms with Crippen LogP contribution in [0.15, 0.2) is 31.0 Å². The standard InChI is InChI=1S/C8N12O8.2C2H4N4/c21-19(22)11-5-1(13-27-17-5)3-9-7(25-15-3)8-10-4(16-26-8)2-6(12-20(23)24)18-28-14-2;2*3-2-4-1-5-6-2/h;2*1H,(H3,3,4,5,6)/q-2;;/p+2. The zero-order valence-electron chi connectivity index (χ0n) is 18.8. The molecule has 0 fully saturated rings. The van der Waals surface area contributed by atoms with Crippen LogP contribution in [0.1, 0.15) is 0 Å². The van der Waals surface area contributed by atoms with E-state index in [0.29, 0.717) is 11.9 Å². The van der Waals surface area contributed by atoms with Crippen molar-refractivity contribution in [3.63, 3.8) is 0 Å². The predicted molar refractivity (Wildman–Crippen MR) is 113 cm³/mol. The average Bonchev–Trinajstić information content (AvgIpc) is 3.73. The number of anilines is 2. The Morgan fingerprint density at radius 2 is 1.15 bits per heavy atom. The maximum absolute atomic E-state index is 10.5. The second kappa shape index (κ2) is 11.7. The maximum Gasteiger partial charge on any atom is 0.337 e. The van der Waals surface area contributed by atoms with E-state index >= 15 is 0 Å². The van der Waals surface area contributed by atoms with Crippen molar-refractivity contribution in [3.8, 4) is 34.8 Å². The van der Waals surface area contributed by atoms with E-state index in [-0.39, 0.29) is 34.8 Å². The Bertz CT molecular complexity index is 1520. The first-order valence-corrected chi connectivity index (χ1v) is 9.69. The van der Waals surface area contributed by atoms with Gasteiger partial charge in [-0.05, 0) is 10.2 Å². The summed E-state index contributed by atoms with van der Waals surface area (Å²) in [5.41, 5.74) is 15.5. The Kier molecular flexibility index (Phi) is 7.59. The van der Waals surface area contributed by atoms with Crippen LogP contribution in [0.3, 0.4) is 0 Å². The van der Waals surface area contributed by atoms with Crippen LogP contribution in [-0.2, 0) is 0 Å². The number of rotatable bonds is 7. The van der Waals surface area contributed by atoms with Crippen LogP contribution in [0, 0.1) is 20.2 Å². The van der Waals surface area contributed by atoms with Gasteiger partial charge in [0.1, 0.15) is 0 Å². The zero-order valence-corrected chi connectivity index (χ0v) is 18.8. The molecule has 0 amide bonds. The Morgan fingerprint density at radius 3 is 1.45 bits per heavy atom. The van der Waals surface area contributed by atoms with Gasteiger partial charge in [0.15, 0.2) is 11.4 Å². The van der Waals surface area contributed by atoms with Gasteiger partial charge in [0.05, 0.1) is 21.7 Å². The number of aromatic amines is 4. The lowest BCUT2D eigenvalue weighted by molar-refractivity contribution is -0.419. The van der Waals surface area contributed by atoms with Crippen molar-refractivity contribution in [2.45, 2.75) is 0 Å². The molecule has 6 heterocycles. The van der Waals surface area contributed by atoms with Gasteiger partial charge >= 0.3 is 23.7 Å². The number of nitrogens with zero attached hydrogens (tertiary/aromatic N) is 14. The summed E-state index contributed by atoms with van der Waals surface area (Å²) in [5, 5.41) is 51.1. The quantitative estimate of drug-likeness (QED) is 0.123. The molecule has 28 heteroatoms. The van der Waals surface area contributed by atoms with E-state index in [9.17, 15) is 20.2 Å². The fourth-order valence-corrected chi connectivity index (χ4v) is 2.22. The Balaban J connectivity index is 0.000000253. The molecule has 0 aliphatic rings. The maximum atomic E-state index is 10.5. The molecule has 6 aromatic heterocycles. The summed E-state index contributed by atoms with van der Waals surface area (Å²) in [4.78, 5) is 33.8. The van der Waals surface area contributed by atoms with Gasteiger partial charge in [-0.1, -0.05) is 20.6 Å². The third-order valence-corrected chi connectivity index (χ3v) is 3.69. The zero-order chi connectivity index (χ0) is 28.5. The summed E-state index contributed by atoms with van der Waals surface area (Å²) >= 11 is 0. The highest BCUT2D eigenvalue weighted by atomic mass is 16.7. The summed E-state index contributed by atoms with van der Waals surface area (Å²) in [7, 11) is 0. The van der Waals surface area contributed by atoms with Crippen molar-refractivity contribution < 1.29 is 38.3 Å². The predicted octanol–water partition coefficient (Wildman–Crippen LogP) is -1.77. The molecule has 6 aromatic rings. The van der Waals surface area contributed by atoms with Crippen molar-refractivity contribution in [3.05, 3.63) is 43.7 Å². The second-order valence-electron chi connectivity index (χ2n) is 6.25. The molecule has 0 saturated carbocycles. The van der Waals surface area contributed by atoms with Gasteiger partial charge in [0.25, 0.3) is 0 Å². The number of nitrogen functional groups attached to an aromatic ring is 2. The monoisotopic (exact) mass is 562 g/mol. The molecule has 40 heavy (non-hydrogen) atoms. The van der Waals surface area contributed by atoms with Crippen molar-refractivity contribution in [1.82, 2.24) is 61.3 Å². The minimum Gasteiger partial charge on any atom is -0.348 e. The molecular formula is C12H10N20O8. The van der Waals surface area contributed by atoms with E-state index < -0.39 is 21.7 Å². The van der Waals surface area contributed by atoms with Gasteiger partial charge in [-0.3, -0.25) is 30.5 Å². The smallest absolute Gasteiger partial charge is 0.337 e. The van der Waals surface area contributed by atoms with E-state index in [0.717, 1.165) is 0 Å². The van der Waals surface area contributed by atoms with Gasteiger partial charge in [-0.25, -0.2) is 9.97 Å². The highest BCUT2D eigenvalue weighted by Gasteiger charge is 2.23. The van der Waals surface area contributed by atoms with Crippen molar-refractivity contribution >= 4 is 23.5 Å². The number of nitro groups is 2. The van der Waals surface area contributed by atoms with Gasteiger partial charge in [-0.2, -0.15) is 9.97 Å². The summed E-state index contributed by atoms with van der Waals surface area (Å²) in [6.45, 7) is 0. The highest BCUT2D eigenvalue weighted by molar-refractivity contribution is 5.67. The lowest BCUT2D eigenvalue weighted by atomic mass is 10.4. The fourth-order valence-electron chi connectivity index (χ4n) is 2.22. The van der Waals surface area contributed by atoms with Crippen LogP contribution in [-0.4, -0.2) is 71.4 Å². The topological polar surface area (TPSA) is 408 Å². The van der Waals surface area contributed by atoms with Crippen LogP contribution in [0.4, 0.5) is 23.5 Å². The number of nitrogens with one attached hydrogen (secondary N) is 4. The van der Waals surface area contributed by atoms with Gasteiger partial charge in [-0.15, -0.1) is 21.0 Å². The van der Waals surface area contributed by atoms with Crippen LogP contribution in [0.5, 0.6) is 0 Å². The van der Waals surface area contributed by atoms with Crippen LogP contribution in [0.2, 0.25) is 0 Å². The lowest BCUT2D eigenvalue weighted by Crippen LogP contribution is -2.03. The highest BCUT2D eigenvalue weighted by Crippen LogP contribution is 2.31. The third-order valence-electron chi connectivity index (χ3n) is 3.69. The molecule has 0 radical (unpaired) electrons. The Morgan fingerprint density at radius 1 is 0.725 bits per heavy atom. The SMILES string of the molecule is Nc1[nH]nc[nH+]1.Nc1[nH]nc[nH+]1.O=[N+]([O-])[N-]c1nonc1-c1noc(-c2nc(-c3nonc3[N-][N+](=O)[O-])no2)n1. The van der Waals surface area contributed by atoms with Crippen molar-refractivity contribution in [1.29, 1.82) is 0 Å². The molecular weight excluding hydrogens is 552 g/mol. The molecule has 8 N–H and O–H groups in total. The first-order chi connectivity index (χ1) is 19.3. The van der Waals surface area contributed by atoms with E-state index in [1.165, 1.54) is 12.7 Å². The normalized spacial score (nSPS) is 10.1. The van der Waals surface area contributed by atoms with Gasteiger partial charge < -0.3 is 29.8 Å². The molecule has 0 bridgehead atoms. The second-order valence-corrected chi connectivity index (χ2v) is 6.25. The van der Waals surface area contributed by atoms with E-state index in [4.69, 9.17) is 20.5 Å². The first kappa shape index (κ1) is 25.9. The minimum absolute atomic E-state index is 0.274. The molecule has 0 spiro atoms. The number of H-pyrrole nitrogens is 4. The number of aromatic nitrogens is 14. The number of hydrogen-bond donors (Lipinski definition) is 4. The molecule has 0 aliphatic heterocycles. The van der Waals surface area contributed by atoms with Crippen LogP contribution >= 0.6 is 0 Å². The summed E-state index contributed by atoms with van der Waals surface area (Å²) in [6, 6.07) is 0. The van der Waals surface area contributed by atoms with E-state index in [1.807, 2.05) is 0 Å². The lowest BCUT2D eigenvalue weighted by Gasteiger charge is -1.97. The molecule has 0 aliphatic carbocycles. The fraction of sp³-hybridized carbons (Fsp3) is 0. The Hall–Kier alpha value is -7.16. The Labute approximate surface area is 214 Å². The van der Waals surface area contributed by atoms with Crippen molar-refractivity contribution in [2.24, 2.45) is 0 Å². The molecule has 0 saturated heterocycles. The van der Waals surface area contributed by atoms with Gasteiger partial charge in [0, 0.05) is 0 Å². The molecule has 0 unspecified atom stereocenters. The molecule has 0 aromatic carbocycles. The van der Waals surface area contributed by atoms with Crippen LogP contribution < -0.4 is 21.4 Å². The molecule has 206 valence electrons. The molecule has 28 nitrogen and oxygen atoms in total. The van der Waals surface area contributed by atoms with Crippen molar-refractivity contribution in [2.75, 3.05) is 11.5 Å². The van der Waals surface area contributed by atoms with E-state index in [1.54, 1.807) is 0 Å². The third kappa shape index (κ3) is 6.53. The van der Waals surface area contributed by atoms with Crippen LogP contribution in [0.25, 0.3) is 45.7 Å². The first-order valence-electron chi connectivity index (χ1n) is 9.69. The van der Waals surface area contributed by atoms with Gasteiger partial charge in [0.2, 0.25) is 24.3 Å².